The Labute approximate surface area is 219 Å². The average Bonchev–Trinajstić information content (AvgIpc) is 3.19. The van der Waals surface area contributed by atoms with Gasteiger partial charge in [-0.25, -0.2) is 0 Å². The topological polar surface area (TPSA) is 9.86 Å². The molecule has 0 unspecified atom stereocenters. The number of nitrogens with zero attached hydrogens (tertiary/aromatic N) is 2. The zero-order valence-corrected chi connectivity index (χ0v) is 24.2. The molecule has 1 aromatic heterocycles. The monoisotopic (exact) mass is 492 g/mol. The van der Waals surface area contributed by atoms with Gasteiger partial charge in [0.1, 0.15) is 0 Å². The summed E-state index contributed by atoms with van der Waals surface area (Å²) in [5.74, 6) is 0. The number of aryl methyl sites for hydroxylation is 2. The minimum Gasteiger partial charge on any atom is -0.324 e. The average molecular weight is 493 g/mol. The molecule has 0 N–H and O–H groups in total. The van der Waals surface area contributed by atoms with E-state index in [2.05, 4.69) is 35.4 Å². The maximum atomic E-state index is 5.72. The highest BCUT2D eigenvalue weighted by molar-refractivity contribution is 7.71. The van der Waals surface area contributed by atoms with Crippen molar-refractivity contribution in [3.63, 3.8) is 0 Å². The normalized spacial score (nSPS) is 11.5. The van der Waals surface area contributed by atoms with Gasteiger partial charge in [0.2, 0.25) is 0 Å². The van der Waals surface area contributed by atoms with Crippen LogP contribution in [0.15, 0.2) is 12.4 Å². The standard InChI is InChI=1S/C31H60N2S/c1-3-5-7-9-11-13-15-17-19-21-23-25-27-32-29-30-33(31(32)34)28-26-24-22-20-18-16-14-12-10-8-6-4-2/h29-30H,3-28H2,1-2H3. The van der Waals surface area contributed by atoms with Crippen molar-refractivity contribution in [2.24, 2.45) is 0 Å². The SMILES string of the molecule is CCCCCCCCCCCCCCn1ccn(CCCCCCCCCCCCCC)c1=S. The Morgan fingerprint density at radius 2 is 0.647 bits per heavy atom. The first kappa shape index (κ1) is 31.5. The van der Waals surface area contributed by atoms with Gasteiger partial charge < -0.3 is 9.13 Å². The quantitative estimate of drug-likeness (QED) is 0.0923. The van der Waals surface area contributed by atoms with Crippen LogP contribution in [0.25, 0.3) is 0 Å². The van der Waals surface area contributed by atoms with Gasteiger partial charge in [-0.3, -0.25) is 0 Å². The van der Waals surface area contributed by atoms with Gasteiger partial charge in [-0.1, -0.05) is 155 Å². The first-order valence-corrected chi connectivity index (χ1v) is 16.0. The summed E-state index contributed by atoms with van der Waals surface area (Å²) in [4.78, 5) is 0. The molecule has 0 spiro atoms. The molecule has 34 heavy (non-hydrogen) atoms. The van der Waals surface area contributed by atoms with Gasteiger partial charge in [0.25, 0.3) is 0 Å². The van der Waals surface area contributed by atoms with Crippen molar-refractivity contribution in [1.29, 1.82) is 0 Å². The zero-order chi connectivity index (χ0) is 24.5. The molecule has 0 amide bonds. The van der Waals surface area contributed by atoms with Crippen molar-refractivity contribution >= 4 is 12.2 Å². The molecule has 0 fully saturated rings. The van der Waals surface area contributed by atoms with E-state index in [4.69, 9.17) is 12.2 Å². The molecule has 2 nitrogen and oxygen atoms in total. The van der Waals surface area contributed by atoms with E-state index in [1.54, 1.807) is 0 Å². The molecule has 200 valence electrons. The van der Waals surface area contributed by atoms with Gasteiger partial charge in [-0.05, 0) is 25.1 Å². The van der Waals surface area contributed by atoms with E-state index in [1.807, 2.05) is 0 Å². The van der Waals surface area contributed by atoms with Crippen molar-refractivity contribution in [3.05, 3.63) is 17.2 Å². The van der Waals surface area contributed by atoms with Crippen LogP contribution in [0.5, 0.6) is 0 Å². The Morgan fingerprint density at radius 3 is 0.912 bits per heavy atom. The lowest BCUT2D eigenvalue weighted by molar-refractivity contribution is 0.514. The summed E-state index contributed by atoms with van der Waals surface area (Å²) in [6.45, 7) is 6.79. The summed E-state index contributed by atoms with van der Waals surface area (Å²) in [7, 11) is 0. The predicted molar refractivity (Wildman–Crippen MR) is 155 cm³/mol. The number of hydrogen-bond acceptors (Lipinski definition) is 1. The molecular weight excluding hydrogens is 432 g/mol. The molecular formula is C31H60N2S. The van der Waals surface area contributed by atoms with Crippen LogP contribution in [-0.4, -0.2) is 9.13 Å². The minimum atomic E-state index is 1.03. The first-order valence-electron chi connectivity index (χ1n) is 15.5. The van der Waals surface area contributed by atoms with Crippen molar-refractivity contribution < 1.29 is 0 Å². The van der Waals surface area contributed by atoms with Gasteiger partial charge in [-0.2, -0.15) is 0 Å². The fraction of sp³-hybridized carbons (Fsp3) is 0.903. The highest BCUT2D eigenvalue weighted by Crippen LogP contribution is 2.14. The van der Waals surface area contributed by atoms with E-state index in [0.29, 0.717) is 0 Å². The lowest BCUT2D eigenvalue weighted by atomic mass is 10.1. The van der Waals surface area contributed by atoms with E-state index in [1.165, 1.54) is 154 Å². The molecule has 0 aromatic carbocycles. The lowest BCUT2D eigenvalue weighted by Crippen LogP contribution is -2.02. The van der Waals surface area contributed by atoms with Crippen LogP contribution in [0.4, 0.5) is 0 Å². The number of aromatic nitrogens is 2. The molecule has 0 aliphatic carbocycles. The molecule has 0 aliphatic heterocycles. The summed E-state index contributed by atoms with van der Waals surface area (Å²) >= 11 is 5.72. The summed E-state index contributed by atoms with van der Waals surface area (Å²) < 4.78 is 5.63. The maximum absolute atomic E-state index is 5.72. The van der Waals surface area contributed by atoms with Gasteiger partial charge in [-0.15, -0.1) is 0 Å². The third-order valence-corrected chi connectivity index (χ3v) is 7.89. The Balaban J connectivity index is 1.93. The van der Waals surface area contributed by atoms with E-state index in [9.17, 15) is 0 Å². The van der Waals surface area contributed by atoms with Crippen LogP contribution in [0.1, 0.15) is 168 Å². The number of imidazole rings is 1. The summed E-state index contributed by atoms with van der Waals surface area (Å²) in [6.07, 6.45) is 38.2. The minimum absolute atomic E-state index is 1.03. The Hall–Kier alpha value is -0.570. The van der Waals surface area contributed by atoms with Crippen LogP contribution in [0.2, 0.25) is 0 Å². The van der Waals surface area contributed by atoms with Crippen LogP contribution >= 0.6 is 12.2 Å². The molecule has 1 rings (SSSR count). The Bertz CT molecular complexity index is 540. The van der Waals surface area contributed by atoms with Crippen molar-refractivity contribution in [1.82, 2.24) is 9.13 Å². The van der Waals surface area contributed by atoms with E-state index < -0.39 is 0 Å². The molecule has 0 bridgehead atoms. The van der Waals surface area contributed by atoms with Crippen molar-refractivity contribution in [2.75, 3.05) is 0 Å². The molecule has 0 saturated heterocycles. The smallest absolute Gasteiger partial charge is 0.179 e. The lowest BCUT2D eigenvalue weighted by Gasteiger charge is -2.06. The van der Waals surface area contributed by atoms with Gasteiger partial charge in [0, 0.05) is 25.5 Å². The Morgan fingerprint density at radius 1 is 0.412 bits per heavy atom. The molecule has 1 heterocycles. The number of hydrogen-bond donors (Lipinski definition) is 0. The highest BCUT2D eigenvalue weighted by Gasteiger charge is 2.01. The van der Waals surface area contributed by atoms with Gasteiger partial charge >= 0.3 is 0 Å². The largest absolute Gasteiger partial charge is 0.324 e. The molecule has 3 heteroatoms. The fourth-order valence-corrected chi connectivity index (χ4v) is 5.34. The second kappa shape index (κ2) is 24.1. The van der Waals surface area contributed by atoms with Crippen molar-refractivity contribution in [3.8, 4) is 0 Å². The zero-order valence-electron chi connectivity index (χ0n) is 23.3. The third kappa shape index (κ3) is 17.8. The molecule has 1 aromatic rings. The molecule has 0 atom stereocenters. The van der Waals surface area contributed by atoms with Crippen LogP contribution in [-0.2, 0) is 13.1 Å². The molecule has 0 saturated carbocycles. The maximum Gasteiger partial charge on any atom is 0.179 e. The second-order valence-electron chi connectivity index (χ2n) is 10.7. The van der Waals surface area contributed by atoms with E-state index >= 15 is 0 Å². The molecule has 0 radical (unpaired) electrons. The highest BCUT2D eigenvalue weighted by atomic mass is 32.1. The second-order valence-corrected chi connectivity index (χ2v) is 11.1. The first-order chi connectivity index (χ1) is 16.8. The fourth-order valence-electron chi connectivity index (χ4n) is 5.04. The summed E-state index contributed by atoms with van der Waals surface area (Å²) in [5.41, 5.74) is 0. The van der Waals surface area contributed by atoms with Gasteiger partial charge in [0.15, 0.2) is 4.77 Å². The number of rotatable bonds is 26. The Kier molecular flexibility index (Phi) is 22.3. The van der Waals surface area contributed by atoms with Crippen molar-refractivity contribution in [2.45, 2.75) is 181 Å². The third-order valence-electron chi connectivity index (χ3n) is 7.42. The van der Waals surface area contributed by atoms with Crippen LogP contribution in [0.3, 0.4) is 0 Å². The molecule has 0 aliphatic rings. The van der Waals surface area contributed by atoms with Gasteiger partial charge in [0.05, 0.1) is 0 Å². The predicted octanol–water partition coefficient (Wildman–Crippen LogP) is 11.4. The summed E-state index contributed by atoms with van der Waals surface area (Å²) in [5, 5.41) is 0. The number of unbranched alkanes of at least 4 members (excludes halogenated alkanes) is 22. The van der Waals surface area contributed by atoms with Crippen LogP contribution < -0.4 is 0 Å². The van der Waals surface area contributed by atoms with Crippen LogP contribution in [0, 0.1) is 4.77 Å². The van der Waals surface area contributed by atoms with E-state index in [-0.39, 0.29) is 0 Å². The van der Waals surface area contributed by atoms with E-state index in [0.717, 1.165) is 17.9 Å². The summed E-state index contributed by atoms with van der Waals surface area (Å²) in [6, 6.07) is 0.